The third-order valence-corrected chi connectivity index (χ3v) is 6.35. The van der Waals surface area contributed by atoms with E-state index in [-0.39, 0.29) is 10.5 Å². The van der Waals surface area contributed by atoms with E-state index in [4.69, 9.17) is 5.11 Å². The van der Waals surface area contributed by atoms with Crippen molar-refractivity contribution in [2.24, 2.45) is 0 Å². The van der Waals surface area contributed by atoms with Crippen molar-refractivity contribution in [3.8, 4) is 0 Å². The Balaban J connectivity index is 1.96. The van der Waals surface area contributed by atoms with Crippen molar-refractivity contribution < 1.29 is 9.90 Å². The molecule has 21 heavy (non-hydrogen) atoms. The zero-order chi connectivity index (χ0) is 14.9. The maximum absolute atomic E-state index is 10.8. The molecule has 1 aliphatic carbocycles. The third kappa shape index (κ3) is 2.89. The lowest BCUT2D eigenvalue weighted by molar-refractivity contribution is -0.133. The standard InChI is InChI=1S/C14H17N3O2S2/c1-20-14(4-2-5-14)9-17-11-3-6-15-7-10(11)16-13(17)21-8-12(18)19/h3,6-7H,2,4-5,8-9H2,1H3,(H,18,19). The first-order valence-electron chi connectivity index (χ1n) is 6.83. The van der Waals surface area contributed by atoms with Crippen LogP contribution in [0.3, 0.4) is 0 Å². The van der Waals surface area contributed by atoms with Gasteiger partial charge in [0, 0.05) is 17.5 Å². The molecule has 5 nitrogen and oxygen atoms in total. The van der Waals surface area contributed by atoms with Gasteiger partial charge >= 0.3 is 5.97 Å². The minimum atomic E-state index is -0.819. The first-order valence-corrected chi connectivity index (χ1v) is 9.05. The van der Waals surface area contributed by atoms with Crippen LogP contribution in [0.15, 0.2) is 23.6 Å². The van der Waals surface area contributed by atoms with Crippen LogP contribution in [0.1, 0.15) is 19.3 Å². The maximum atomic E-state index is 10.8. The van der Waals surface area contributed by atoms with E-state index in [1.165, 1.54) is 31.0 Å². The van der Waals surface area contributed by atoms with Crippen molar-refractivity contribution in [2.75, 3.05) is 12.0 Å². The second kappa shape index (κ2) is 5.88. The molecule has 0 aromatic carbocycles. The molecule has 2 aromatic heterocycles. The van der Waals surface area contributed by atoms with E-state index in [2.05, 4.69) is 20.8 Å². The lowest BCUT2D eigenvalue weighted by atomic mass is 9.84. The molecule has 0 saturated heterocycles. The van der Waals surface area contributed by atoms with E-state index < -0.39 is 5.97 Å². The van der Waals surface area contributed by atoms with E-state index in [0.29, 0.717) is 0 Å². The molecule has 3 rings (SSSR count). The summed E-state index contributed by atoms with van der Waals surface area (Å²) in [7, 11) is 0. The molecule has 2 aromatic rings. The van der Waals surface area contributed by atoms with Crippen molar-refractivity contribution in [1.29, 1.82) is 0 Å². The number of aromatic nitrogens is 3. The topological polar surface area (TPSA) is 68.0 Å². The van der Waals surface area contributed by atoms with Gasteiger partial charge < -0.3 is 9.67 Å². The predicted molar refractivity (Wildman–Crippen MR) is 86.0 cm³/mol. The minimum Gasteiger partial charge on any atom is -0.481 e. The zero-order valence-electron chi connectivity index (χ0n) is 11.8. The average molecular weight is 323 g/mol. The second-order valence-electron chi connectivity index (χ2n) is 5.27. The monoisotopic (exact) mass is 323 g/mol. The van der Waals surface area contributed by atoms with E-state index in [1.54, 1.807) is 12.4 Å². The molecule has 1 aliphatic rings. The Kier molecular flexibility index (Phi) is 4.12. The van der Waals surface area contributed by atoms with Gasteiger partial charge in [0.25, 0.3) is 0 Å². The fourth-order valence-electron chi connectivity index (χ4n) is 2.63. The summed E-state index contributed by atoms with van der Waals surface area (Å²) in [4.78, 5) is 19.5. The molecule has 112 valence electrons. The highest BCUT2D eigenvalue weighted by atomic mass is 32.2. The maximum Gasteiger partial charge on any atom is 0.313 e. The summed E-state index contributed by atoms with van der Waals surface area (Å²) in [5.74, 6) is -0.789. The number of hydrogen-bond acceptors (Lipinski definition) is 5. The Morgan fingerprint density at radius 3 is 2.95 bits per heavy atom. The lowest BCUT2D eigenvalue weighted by Crippen LogP contribution is -2.37. The van der Waals surface area contributed by atoms with Gasteiger partial charge in [-0.05, 0) is 25.2 Å². The van der Waals surface area contributed by atoms with Crippen LogP contribution >= 0.6 is 23.5 Å². The summed E-state index contributed by atoms with van der Waals surface area (Å²) in [6.45, 7) is 0.886. The SMILES string of the molecule is CSC1(Cn2c(SCC(=O)O)nc3cnccc32)CCC1. The first-order chi connectivity index (χ1) is 10.1. The number of carbonyl (C=O) groups is 1. The number of imidazole rings is 1. The van der Waals surface area contributed by atoms with Crippen LogP contribution < -0.4 is 0 Å². The van der Waals surface area contributed by atoms with Gasteiger partial charge in [0.15, 0.2) is 5.16 Å². The molecule has 1 fully saturated rings. The molecule has 0 radical (unpaired) electrons. The van der Waals surface area contributed by atoms with Crippen molar-refractivity contribution >= 4 is 40.5 Å². The molecule has 7 heteroatoms. The van der Waals surface area contributed by atoms with Crippen molar-refractivity contribution in [3.63, 3.8) is 0 Å². The van der Waals surface area contributed by atoms with Gasteiger partial charge in [0.1, 0.15) is 5.52 Å². The number of fused-ring (bicyclic) bond motifs is 1. The van der Waals surface area contributed by atoms with E-state index in [1.807, 2.05) is 17.8 Å². The first kappa shape index (κ1) is 14.7. The number of thioether (sulfide) groups is 2. The van der Waals surface area contributed by atoms with Crippen LogP contribution in [0.5, 0.6) is 0 Å². The highest BCUT2D eigenvalue weighted by molar-refractivity contribution is 8.00. The van der Waals surface area contributed by atoms with Crippen LogP contribution in [-0.2, 0) is 11.3 Å². The summed E-state index contributed by atoms with van der Waals surface area (Å²) >= 11 is 3.19. The summed E-state index contributed by atoms with van der Waals surface area (Å²) in [6, 6.07) is 1.96. The molecule has 0 atom stereocenters. The van der Waals surface area contributed by atoms with Gasteiger partial charge in [-0.1, -0.05) is 18.2 Å². The number of nitrogens with zero attached hydrogens (tertiary/aromatic N) is 3. The molecule has 0 spiro atoms. The Morgan fingerprint density at radius 1 is 1.52 bits per heavy atom. The van der Waals surface area contributed by atoms with Gasteiger partial charge in [0.2, 0.25) is 0 Å². The van der Waals surface area contributed by atoms with Crippen molar-refractivity contribution in [2.45, 2.75) is 35.7 Å². The van der Waals surface area contributed by atoms with Crippen molar-refractivity contribution in [3.05, 3.63) is 18.5 Å². The van der Waals surface area contributed by atoms with Crippen LogP contribution in [0, 0.1) is 0 Å². The number of carboxylic acids is 1. The summed E-state index contributed by atoms with van der Waals surface area (Å²) in [5, 5.41) is 9.68. The minimum absolute atomic E-state index is 0.0308. The molecular formula is C14H17N3O2S2. The smallest absolute Gasteiger partial charge is 0.313 e. The largest absolute Gasteiger partial charge is 0.481 e. The van der Waals surface area contributed by atoms with E-state index in [0.717, 1.165) is 22.7 Å². The molecule has 0 amide bonds. The Morgan fingerprint density at radius 2 is 2.33 bits per heavy atom. The fraction of sp³-hybridized carbons (Fsp3) is 0.500. The molecule has 0 aliphatic heterocycles. The van der Waals surface area contributed by atoms with Crippen molar-refractivity contribution in [1.82, 2.24) is 14.5 Å². The summed E-state index contributed by atoms with van der Waals surface area (Å²) < 4.78 is 2.44. The molecule has 1 N–H and O–H groups in total. The number of hydrogen-bond donors (Lipinski definition) is 1. The van der Waals surface area contributed by atoms with Crippen LogP contribution in [0.4, 0.5) is 0 Å². The normalized spacial score (nSPS) is 16.8. The molecular weight excluding hydrogens is 306 g/mol. The van der Waals surface area contributed by atoms with Gasteiger partial charge in [0.05, 0.1) is 17.5 Å². The zero-order valence-corrected chi connectivity index (χ0v) is 13.4. The number of carboxylic acid groups (broad SMARTS) is 1. The highest BCUT2D eigenvalue weighted by Gasteiger charge is 2.37. The van der Waals surface area contributed by atoms with Gasteiger partial charge in [-0.2, -0.15) is 11.8 Å². The highest BCUT2D eigenvalue weighted by Crippen LogP contribution is 2.45. The summed E-state index contributed by atoms with van der Waals surface area (Å²) in [6.07, 6.45) is 9.35. The Hall–Kier alpha value is -1.21. The second-order valence-corrected chi connectivity index (χ2v) is 7.48. The lowest BCUT2D eigenvalue weighted by Gasteiger charge is -2.41. The van der Waals surface area contributed by atoms with Crippen LogP contribution in [-0.4, -0.2) is 42.4 Å². The quantitative estimate of drug-likeness (QED) is 0.825. The number of aliphatic carboxylic acids is 1. The molecule has 0 bridgehead atoms. The molecule has 0 unspecified atom stereocenters. The third-order valence-electron chi connectivity index (χ3n) is 3.98. The number of pyridine rings is 1. The summed E-state index contributed by atoms with van der Waals surface area (Å²) in [5.41, 5.74) is 1.87. The van der Waals surface area contributed by atoms with Gasteiger partial charge in [-0.15, -0.1) is 0 Å². The number of rotatable bonds is 6. The Labute approximate surface area is 131 Å². The van der Waals surface area contributed by atoms with Crippen LogP contribution in [0.25, 0.3) is 11.0 Å². The molecule has 2 heterocycles. The molecule has 1 saturated carbocycles. The predicted octanol–water partition coefficient (Wildman–Crippen LogP) is 2.89. The average Bonchev–Trinajstić information content (AvgIpc) is 2.78. The van der Waals surface area contributed by atoms with Crippen LogP contribution in [0.2, 0.25) is 0 Å². The fourth-order valence-corrected chi connectivity index (χ4v) is 4.32. The van der Waals surface area contributed by atoms with Gasteiger partial charge in [-0.3, -0.25) is 9.78 Å². The van der Waals surface area contributed by atoms with Gasteiger partial charge in [-0.25, -0.2) is 4.98 Å². The van der Waals surface area contributed by atoms with E-state index in [9.17, 15) is 4.79 Å². The Bertz CT molecular complexity index is 662. The van der Waals surface area contributed by atoms with E-state index >= 15 is 0 Å².